The van der Waals surface area contributed by atoms with E-state index in [1.807, 2.05) is 0 Å². The molecule has 4 heterocycles. The van der Waals surface area contributed by atoms with Gasteiger partial charge in [-0.15, -0.1) is 0 Å². The van der Waals surface area contributed by atoms with Crippen molar-refractivity contribution < 1.29 is 32.6 Å². The number of aliphatic carboxylic acids is 1. The van der Waals surface area contributed by atoms with Crippen molar-refractivity contribution in [2.24, 2.45) is 7.05 Å². The van der Waals surface area contributed by atoms with Crippen LogP contribution in [0.1, 0.15) is 39.6 Å². The van der Waals surface area contributed by atoms with E-state index in [2.05, 4.69) is 20.6 Å². The number of aromatic nitrogens is 4. The molecule has 3 N–H and O–H groups in total. The van der Waals surface area contributed by atoms with Crippen molar-refractivity contribution in [2.75, 3.05) is 13.2 Å². The number of pyridine rings is 2. The number of carboxylic acid groups (broad SMARTS) is 1. The van der Waals surface area contributed by atoms with Crippen LogP contribution in [0.25, 0.3) is 16.7 Å². The van der Waals surface area contributed by atoms with Crippen molar-refractivity contribution in [3.8, 4) is 5.82 Å². The van der Waals surface area contributed by atoms with Crippen LogP contribution in [0.5, 0.6) is 0 Å². The minimum atomic E-state index is -2.60. The Balaban J connectivity index is 1.35. The van der Waals surface area contributed by atoms with Crippen molar-refractivity contribution in [3.05, 3.63) is 97.8 Å². The van der Waals surface area contributed by atoms with Gasteiger partial charge in [-0.1, -0.05) is 12.1 Å². The summed E-state index contributed by atoms with van der Waals surface area (Å²) in [6.45, 7) is 2.05. The van der Waals surface area contributed by atoms with Gasteiger partial charge < -0.3 is 20.5 Å². The molecule has 4 aromatic rings. The predicted octanol–water partition coefficient (Wildman–Crippen LogP) is 2.04. The zero-order valence-corrected chi connectivity index (χ0v) is 24.2. The predicted molar refractivity (Wildman–Crippen MR) is 155 cm³/mol. The van der Waals surface area contributed by atoms with Gasteiger partial charge in [0.15, 0.2) is 0 Å². The summed E-state index contributed by atoms with van der Waals surface area (Å²) in [6, 6.07) is 4.56. The number of aryl methyl sites for hydroxylation is 2. The van der Waals surface area contributed by atoms with E-state index >= 15 is 4.39 Å². The van der Waals surface area contributed by atoms with Gasteiger partial charge in [0.05, 0.1) is 35.4 Å². The number of morpholine rings is 1. The first-order chi connectivity index (χ1) is 21.5. The van der Waals surface area contributed by atoms with Gasteiger partial charge in [-0.25, -0.2) is 32.3 Å². The molecule has 3 atom stereocenters. The molecule has 0 radical (unpaired) electrons. The number of rotatable bonds is 9. The Hall–Kier alpha value is -4.89. The normalized spacial score (nSPS) is 17.4. The molecule has 0 spiro atoms. The Bertz CT molecular complexity index is 1850. The minimum absolute atomic E-state index is 0.00435. The lowest BCUT2D eigenvalue weighted by Gasteiger charge is -2.33. The van der Waals surface area contributed by atoms with E-state index in [4.69, 9.17) is 4.74 Å². The molecule has 1 saturated heterocycles. The largest absolute Gasteiger partial charge is 0.480 e. The summed E-state index contributed by atoms with van der Waals surface area (Å²) in [5, 5.41) is 15.3. The number of benzene rings is 1. The molecule has 1 fully saturated rings. The highest BCUT2D eigenvalue weighted by atomic mass is 19.3. The maximum absolute atomic E-state index is 15.3. The summed E-state index contributed by atoms with van der Waals surface area (Å²) < 4.78 is 49.2. The Kier molecular flexibility index (Phi) is 9.11. The third-order valence-electron chi connectivity index (χ3n) is 7.62. The molecule has 15 heteroatoms. The van der Waals surface area contributed by atoms with Gasteiger partial charge in [0.1, 0.15) is 17.7 Å². The smallest absolute Gasteiger partial charge is 0.337 e. The number of carbonyl (C=O) groups excluding carboxylic acids is 1. The molecule has 5 rings (SSSR count). The average Bonchev–Trinajstić information content (AvgIpc) is 3.00. The monoisotopic (exact) mass is 626 g/mol. The number of alkyl halides is 2. The maximum Gasteiger partial charge on any atom is 0.337 e. The van der Waals surface area contributed by atoms with Gasteiger partial charge in [-0.3, -0.25) is 19.1 Å². The zero-order chi connectivity index (χ0) is 32.4. The molecule has 45 heavy (non-hydrogen) atoms. The molecular weight excluding hydrogens is 597 g/mol. The van der Waals surface area contributed by atoms with Crippen molar-refractivity contribution in [2.45, 2.75) is 44.4 Å². The molecule has 1 amide bonds. The standard InChI is InChI=1S/C30H29F3N6O6/c1-15-9-17(26-20(12-23(32)33)35-7-8-45-26)11-19(31)25(15)27(40)37-21(29(42)43)10-16-3-4-24(36-13-16)39-28(41)18-5-6-34-14-22(18)38(2)30(39)44/h3-6,9,11,13-14,20-21,23,26,35H,7-8,10,12H2,1-2H3,(H,37,40)(H,42,43)/t20?,21?,26-/m0/s1. The van der Waals surface area contributed by atoms with Gasteiger partial charge in [-0.05, 0) is 41.8 Å². The molecule has 2 unspecified atom stereocenters. The summed E-state index contributed by atoms with van der Waals surface area (Å²) >= 11 is 0. The van der Waals surface area contributed by atoms with Gasteiger partial charge in [0, 0.05) is 44.9 Å². The fraction of sp³-hybridized carbons (Fsp3) is 0.333. The van der Waals surface area contributed by atoms with Crippen molar-refractivity contribution in [3.63, 3.8) is 0 Å². The summed E-state index contributed by atoms with van der Waals surface area (Å²) in [6.07, 6.45) is -0.120. The van der Waals surface area contributed by atoms with Crippen LogP contribution in [0.3, 0.4) is 0 Å². The third kappa shape index (κ3) is 6.49. The number of nitrogens with one attached hydrogen (secondary N) is 2. The van der Waals surface area contributed by atoms with Gasteiger partial charge in [0.2, 0.25) is 6.43 Å². The van der Waals surface area contributed by atoms with E-state index in [-0.39, 0.29) is 35.4 Å². The molecule has 236 valence electrons. The number of carboxylic acids is 1. The molecule has 1 aliphatic heterocycles. The Labute approximate surface area is 253 Å². The SMILES string of the molecule is Cc1cc([C@@H]2OCCNC2CC(F)F)cc(F)c1C(=O)NC(Cc1ccc(-n2c(=O)c3ccncc3n(C)c2=O)nc1)C(=O)O. The fourth-order valence-electron chi connectivity index (χ4n) is 5.44. The zero-order valence-electron chi connectivity index (χ0n) is 24.2. The van der Waals surface area contributed by atoms with Crippen LogP contribution in [-0.4, -0.2) is 67.7 Å². The highest BCUT2D eigenvalue weighted by Crippen LogP contribution is 2.30. The molecule has 1 aliphatic rings. The Morgan fingerprint density at radius 3 is 2.64 bits per heavy atom. The number of hydrogen-bond donors (Lipinski definition) is 3. The van der Waals surface area contributed by atoms with Crippen molar-refractivity contribution in [1.82, 2.24) is 29.7 Å². The Morgan fingerprint density at radius 1 is 1.20 bits per heavy atom. The number of fused-ring (bicyclic) bond motifs is 1. The number of carbonyl (C=O) groups is 2. The average molecular weight is 627 g/mol. The molecule has 1 aromatic carbocycles. The van der Waals surface area contributed by atoms with Crippen molar-refractivity contribution >= 4 is 22.8 Å². The molecule has 3 aromatic heterocycles. The lowest BCUT2D eigenvalue weighted by molar-refractivity contribution is -0.139. The van der Waals surface area contributed by atoms with Crippen LogP contribution in [0.2, 0.25) is 0 Å². The van der Waals surface area contributed by atoms with Crippen LogP contribution >= 0.6 is 0 Å². The molecule has 12 nitrogen and oxygen atoms in total. The topological polar surface area (TPSA) is 157 Å². The number of ether oxygens (including phenoxy) is 1. The summed E-state index contributed by atoms with van der Waals surface area (Å²) in [5.41, 5.74) is -0.521. The second kappa shape index (κ2) is 13.0. The second-order valence-corrected chi connectivity index (χ2v) is 10.6. The quantitative estimate of drug-likeness (QED) is 0.253. The van der Waals surface area contributed by atoms with Crippen LogP contribution in [0.15, 0.2) is 58.5 Å². The van der Waals surface area contributed by atoms with Gasteiger partial charge in [0.25, 0.3) is 11.5 Å². The molecular formula is C30H29F3N6O6. The number of halogens is 3. The minimum Gasteiger partial charge on any atom is -0.480 e. The fourth-order valence-corrected chi connectivity index (χ4v) is 5.44. The first-order valence-electron chi connectivity index (χ1n) is 13.9. The van der Waals surface area contributed by atoms with E-state index in [1.54, 1.807) is 0 Å². The van der Waals surface area contributed by atoms with E-state index in [9.17, 15) is 33.1 Å². The highest BCUT2D eigenvalue weighted by Gasteiger charge is 2.32. The maximum atomic E-state index is 15.3. The number of nitrogens with zero attached hydrogens (tertiary/aromatic N) is 4. The molecule has 0 saturated carbocycles. The first-order valence-corrected chi connectivity index (χ1v) is 13.9. The molecule has 0 bridgehead atoms. The number of amides is 1. The van der Waals surface area contributed by atoms with Gasteiger partial charge in [-0.2, -0.15) is 0 Å². The third-order valence-corrected chi connectivity index (χ3v) is 7.62. The van der Waals surface area contributed by atoms with Crippen LogP contribution in [-0.2, 0) is 23.0 Å². The van der Waals surface area contributed by atoms with E-state index in [1.165, 1.54) is 61.4 Å². The van der Waals surface area contributed by atoms with Crippen LogP contribution in [0, 0.1) is 12.7 Å². The first kappa shape index (κ1) is 31.5. The van der Waals surface area contributed by atoms with Crippen LogP contribution < -0.4 is 21.9 Å². The van der Waals surface area contributed by atoms with E-state index < -0.39 is 65.5 Å². The van der Waals surface area contributed by atoms with Crippen LogP contribution in [0.4, 0.5) is 13.2 Å². The summed E-state index contributed by atoms with van der Waals surface area (Å²) in [5.74, 6) is -3.33. The summed E-state index contributed by atoms with van der Waals surface area (Å²) in [7, 11) is 1.49. The second-order valence-electron chi connectivity index (χ2n) is 10.6. The lowest BCUT2D eigenvalue weighted by atomic mass is 9.94. The molecule has 0 aliphatic carbocycles. The number of hydrogen-bond acceptors (Lipinski definition) is 8. The highest BCUT2D eigenvalue weighted by molar-refractivity contribution is 5.98. The van der Waals surface area contributed by atoms with E-state index in [0.29, 0.717) is 17.6 Å². The summed E-state index contributed by atoms with van der Waals surface area (Å²) in [4.78, 5) is 59.2. The Morgan fingerprint density at radius 2 is 1.98 bits per heavy atom. The van der Waals surface area contributed by atoms with Crippen molar-refractivity contribution in [1.29, 1.82) is 0 Å². The van der Waals surface area contributed by atoms with Gasteiger partial charge >= 0.3 is 11.7 Å². The van der Waals surface area contributed by atoms with E-state index in [0.717, 1.165) is 10.6 Å². The lowest BCUT2D eigenvalue weighted by Crippen LogP contribution is -2.44.